The van der Waals surface area contributed by atoms with Crippen LogP contribution in [0.15, 0.2) is 0 Å². The molecule has 0 aliphatic rings. The minimum Gasteiger partial charge on any atom is -0.351 e. The maximum absolute atomic E-state index is 11.8. The summed E-state index contributed by atoms with van der Waals surface area (Å²) < 4.78 is 0. The summed E-state index contributed by atoms with van der Waals surface area (Å²) in [6.07, 6.45) is 0. The fourth-order valence-electron chi connectivity index (χ4n) is 1.31. The van der Waals surface area contributed by atoms with Crippen LogP contribution in [0.25, 0.3) is 0 Å². The van der Waals surface area contributed by atoms with Crippen molar-refractivity contribution in [1.82, 2.24) is 10.6 Å². The lowest BCUT2D eigenvalue weighted by atomic mass is 9.93. The first-order valence-corrected chi connectivity index (χ1v) is 5.24. The van der Waals surface area contributed by atoms with Crippen molar-refractivity contribution < 1.29 is 4.79 Å². The van der Waals surface area contributed by atoms with E-state index in [1.807, 2.05) is 27.8 Å². The molecule has 3 heteroatoms. The summed E-state index contributed by atoms with van der Waals surface area (Å²) in [4.78, 5) is 11.8. The molecule has 0 aromatic rings. The van der Waals surface area contributed by atoms with Gasteiger partial charge >= 0.3 is 0 Å². The van der Waals surface area contributed by atoms with E-state index in [1.54, 1.807) is 0 Å². The average molecular weight is 200 g/mol. The lowest BCUT2D eigenvalue weighted by Gasteiger charge is -2.26. The van der Waals surface area contributed by atoms with Crippen molar-refractivity contribution in [1.29, 1.82) is 0 Å². The number of hydrogen-bond donors (Lipinski definition) is 2. The highest BCUT2D eigenvalue weighted by Gasteiger charge is 2.24. The third-order valence-electron chi connectivity index (χ3n) is 2.06. The van der Waals surface area contributed by atoms with Gasteiger partial charge in [0.2, 0.25) is 5.91 Å². The highest BCUT2D eigenvalue weighted by molar-refractivity contribution is 5.79. The molecule has 1 atom stereocenters. The molecule has 0 saturated carbocycles. The summed E-state index contributed by atoms with van der Waals surface area (Å²) in [5.41, 5.74) is -0.141. The highest BCUT2D eigenvalue weighted by Crippen LogP contribution is 2.11. The Morgan fingerprint density at radius 3 is 2.07 bits per heavy atom. The molecule has 0 spiro atoms. The van der Waals surface area contributed by atoms with Crippen molar-refractivity contribution in [3.05, 3.63) is 0 Å². The molecule has 1 amide bonds. The summed E-state index contributed by atoms with van der Waals surface area (Å²) in [5.74, 6) is 0.561. The average Bonchev–Trinajstić information content (AvgIpc) is 1.95. The van der Waals surface area contributed by atoms with Gasteiger partial charge in [0.25, 0.3) is 0 Å². The smallest absolute Gasteiger partial charge is 0.225 e. The number of hydrogen-bond acceptors (Lipinski definition) is 2. The Balaban J connectivity index is 4.30. The second-order valence-corrected chi connectivity index (χ2v) is 5.15. The standard InChI is InChI=1S/C11H24N2O/c1-8(2)9(7-12-6)10(14)13-11(3,4)5/h8-9,12H,7H2,1-6H3,(H,13,14). The van der Waals surface area contributed by atoms with Gasteiger partial charge in [-0.25, -0.2) is 0 Å². The molecule has 0 fully saturated rings. The van der Waals surface area contributed by atoms with E-state index in [9.17, 15) is 4.79 Å². The van der Waals surface area contributed by atoms with Crippen molar-refractivity contribution in [3.8, 4) is 0 Å². The number of carbonyl (C=O) groups excluding carboxylic acids is 1. The van der Waals surface area contributed by atoms with Crippen molar-refractivity contribution in [3.63, 3.8) is 0 Å². The molecular weight excluding hydrogens is 176 g/mol. The Morgan fingerprint density at radius 2 is 1.79 bits per heavy atom. The maximum atomic E-state index is 11.8. The van der Waals surface area contributed by atoms with Crippen LogP contribution in [0, 0.1) is 11.8 Å². The molecular formula is C11H24N2O. The maximum Gasteiger partial charge on any atom is 0.225 e. The molecule has 0 radical (unpaired) electrons. The SMILES string of the molecule is CNCC(C(=O)NC(C)(C)C)C(C)C. The normalized spacial score (nSPS) is 14.2. The van der Waals surface area contributed by atoms with Gasteiger partial charge in [0.15, 0.2) is 0 Å². The summed E-state index contributed by atoms with van der Waals surface area (Å²) >= 11 is 0. The van der Waals surface area contributed by atoms with E-state index < -0.39 is 0 Å². The minimum atomic E-state index is -0.141. The van der Waals surface area contributed by atoms with E-state index >= 15 is 0 Å². The number of nitrogens with one attached hydrogen (secondary N) is 2. The topological polar surface area (TPSA) is 41.1 Å². The van der Waals surface area contributed by atoms with Gasteiger partial charge in [-0.3, -0.25) is 4.79 Å². The van der Waals surface area contributed by atoms with Crippen LogP contribution in [0.4, 0.5) is 0 Å². The van der Waals surface area contributed by atoms with Gasteiger partial charge < -0.3 is 10.6 Å². The largest absolute Gasteiger partial charge is 0.351 e. The van der Waals surface area contributed by atoms with Crippen LogP contribution in [0.3, 0.4) is 0 Å². The first-order valence-electron chi connectivity index (χ1n) is 5.24. The molecule has 0 aromatic carbocycles. The Labute approximate surface area is 87.6 Å². The molecule has 84 valence electrons. The molecule has 1 unspecified atom stereocenters. The van der Waals surface area contributed by atoms with E-state index in [-0.39, 0.29) is 17.4 Å². The first kappa shape index (κ1) is 13.4. The zero-order valence-electron chi connectivity index (χ0n) is 10.3. The monoisotopic (exact) mass is 200 g/mol. The van der Waals surface area contributed by atoms with Crippen molar-refractivity contribution in [2.75, 3.05) is 13.6 Å². The van der Waals surface area contributed by atoms with Crippen LogP contribution >= 0.6 is 0 Å². The fourth-order valence-corrected chi connectivity index (χ4v) is 1.31. The summed E-state index contributed by atoms with van der Waals surface area (Å²) in [7, 11) is 1.87. The van der Waals surface area contributed by atoms with Gasteiger partial charge in [0.05, 0.1) is 5.92 Å². The number of amides is 1. The van der Waals surface area contributed by atoms with E-state index in [1.165, 1.54) is 0 Å². The lowest BCUT2D eigenvalue weighted by Crippen LogP contribution is -2.47. The Kier molecular flexibility index (Phi) is 5.13. The van der Waals surface area contributed by atoms with Gasteiger partial charge in [-0.1, -0.05) is 13.8 Å². The van der Waals surface area contributed by atoms with Gasteiger partial charge in [0.1, 0.15) is 0 Å². The Bertz CT molecular complexity index is 182. The van der Waals surface area contributed by atoms with Gasteiger partial charge in [0, 0.05) is 12.1 Å². The molecule has 0 bridgehead atoms. The van der Waals surface area contributed by atoms with Crippen molar-refractivity contribution in [2.45, 2.75) is 40.2 Å². The van der Waals surface area contributed by atoms with E-state index in [0.29, 0.717) is 5.92 Å². The molecule has 14 heavy (non-hydrogen) atoms. The second kappa shape index (κ2) is 5.35. The van der Waals surface area contributed by atoms with Crippen molar-refractivity contribution in [2.24, 2.45) is 11.8 Å². The zero-order valence-corrected chi connectivity index (χ0v) is 10.3. The molecule has 3 nitrogen and oxygen atoms in total. The predicted molar refractivity (Wildman–Crippen MR) is 60.2 cm³/mol. The molecule has 0 heterocycles. The number of carbonyl (C=O) groups is 1. The Morgan fingerprint density at radius 1 is 1.29 bits per heavy atom. The zero-order chi connectivity index (χ0) is 11.4. The van der Waals surface area contributed by atoms with Crippen molar-refractivity contribution >= 4 is 5.91 Å². The third kappa shape index (κ3) is 5.22. The van der Waals surface area contributed by atoms with E-state index in [4.69, 9.17) is 0 Å². The van der Waals surface area contributed by atoms with Gasteiger partial charge in [-0.2, -0.15) is 0 Å². The number of rotatable bonds is 4. The molecule has 0 aromatic heterocycles. The van der Waals surface area contributed by atoms with E-state index in [0.717, 1.165) is 6.54 Å². The molecule has 0 saturated heterocycles. The van der Waals surface area contributed by atoms with Gasteiger partial charge in [-0.15, -0.1) is 0 Å². The van der Waals surface area contributed by atoms with Crippen LogP contribution in [0.2, 0.25) is 0 Å². The molecule has 0 aliphatic carbocycles. The summed E-state index contributed by atoms with van der Waals surface area (Å²) in [6.45, 7) is 10.9. The first-order chi connectivity index (χ1) is 6.28. The second-order valence-electron chi connectivity index (χ2n) is 5.15. The lowest BCUT2D eigenvalue weighted by molar-refractivity contribution is -0.127. The fraction of sp³-hybridized carbons (Fsp3) is 0.909. The summed E-state index contributed by atoms with van der Waals surface area (Å²) in [6, 6.07) is 0. The van der Waals surface area contributed by atoms with Gasteiger partial charge in [-0.05, 0) is 33.7 Å². The molecule has 0 aliphatic heterocycles. The quantitative estimate of drug-likeness (QED) is 0.720. The minimum absolute atomic E-state index is 0.0548. The molecule has 2 N–H and O–H groups in total. The van der Waals surface area contributed by atoms with Crippen LogP contribution < -0.4 is 10.6 Å². The predicted octanol–water partition coefficient (Wildman–Crippen LogP) is 1.39. The van der Waals surface area contributed by atoms with E-state index in [2.05, 4.69) is 24.5 Å². The molecule has 0 rings (SSSR count). The third-order valence-corrected chi connectivity index (χ3v) is 2.06. The van der Waals surface area contributed by atoms with Crippen LogP contribution in [-0.2, 0) is 4.79 Å². The Hall–Kier alpha value is -0.570. The van der Waals surface area contributed by atoms with Crippen LogP contribution in [0.5, 0.6) is 0 Å². The highest BCUT2D eigenvalue weighted by atomic mass is 16.2. The summed E-state index contributed by atoms with van der Waals surface area (Å²) in [5, 5.41) is 6.06. The van der Waals surface area contributed by atoms with Crippen LogP contribution in [-0.4, -0.2) is 25.0 Å². The van der Waals surface area contributed by atoms with Crippen LogP contribution in [0.1, 0.15) is 34.6 Å².